The number of nitrogens with one attached hydrogen (secondary N) is 1. The Morgan fingerprint density at radius 1 is 1.08 bits per heavy atom. The number of fused-ring (bicyclic) bond motifs is 1. The molecule has 1 heterocycles. The Bertz CT molecular complexity index is 830. The van der Waals surface area contributed by atoms with E-state index in [-0.39, 0.29) is 11.9 Å². The number of likely N-dealkylation sites (N-methyl/N-ethyl adjacent to an activating group) is 1. The molecule has 0 radical (unpaired) electrons. The fourth-order valence-electron chi connectivity index (χ4n) is 2.61. The van der Waals surface area contributed by atoms with Crippen molar-refractivity contribution in [2.45, 2.75) is 19.5 Å². The van der Waals surface area contributed by atoms with Crippen molar-refractivity contribution in [3.8, 4) is 0 Å². The highest BCUT2D eigenvalue weighted by atomic mass is 16.2. The summed E-state index contributed by atoms with van der Waals surface area (Å²) in [5.74, 6) is 0.205. The molecule has 0 saturated heterocycles. The molecule has 1 aromatic heterocycles. The zero-order valence-corrected chi connectivity index (χ0v) is 13.8. The number of carbonyl (C=O) groups is 1. The van der Waals surface area contributed by atoms with Crippen molar-refractivity contribution in [3.05, 3.63) is 66.5 Å². The van der Waals surface area contributed by atoms with Gasteiger partial charge in [0.05, 0.1) is 6.04 Å². The number of anilines is 1. The molecule has 122 valence electrons. The van der Waals surface area contributed by atoms with Crippen molar-refractivity contribution < 1.29 is 4.79 Å². The first kappa shape index (κ1) is 16.1. The molecule has 5 heteroatoms. The number of carbonyl (C=O) groups excluding carboxylic acids is 1. The van der Waals surface area contributed by atoms with Crippen LogP contribution >= 0.6 is 0 Å². The van der Waals surface area contributed by atoms with Gasteiger partial charge in [-0.2, -0.15) is 0 Å². The van der Waals surface area contributed by atoms with Crippen molar-refractivity contribution in [2.24, 2.45) is 0 Å². The maximum absolute atomic E-state index is 12.4. The van der Waals surface area contributed by atoms with Crippen LogP contribution in [0.5, 0.6) is 0 Å². The first-order valence-electron chi connectivity index (χ1n) is 7.90. The van der Waals surface area contributed by atoms with Crippen LogP contribution in [0.2, 0.25) is 0 Å². The Hall–Kier alpha value is -2.79. The summed E-state index contributed by atoms with van der Waals surface area (Å²) < 4.78 is 0. The van der Waals surface area contributed by atoms with Gasteiger partial charge >= 0.3 is 0 Å². The molecular formula is C19H20N4O. The summed E-state index contributed by atoms with van der Waals surface area (Å²) in [5.41, 5.74) is 1.20. The molecule has 3 rings (SSSR count). The predicted octanol–water partition coefficient (Wildman–Crippen LogP) is 3.09. The topological polar surface area (TPSA) is 58.1 Å². The smallest absolute Gasteiger partial charge is 0.243 e. The number of amides is 1. The van der Waals surface area contributed by atoms with Crippen LogP contribution in [-0.2, 0) is 11.3 Å². The van der Waals surface area contributed by atoms with Gasteiger partial charge in [-0.25, -0.2) is 9.97 Å². The Labute approximate surface area is 141 Å². The maximum atomic E-state index is 12.4. The molecule has 0 saturated carbocycles. The maximum Gasteiger partial charge on any atom is 0.243 e. The molecule has 1 atom stereocenters. The van der Waals surface area contributed by atoms with E-state index in [0.717, 1.165) is 0 Å². The highest BCUT2D eigenvalue weighted by Gasteiger charge is 2.19. The van der Waals surface area contributed by atoms with Crippen molar-refractivity contribution in [2.75, 3.05) is 12.4 Å². The number of nitrogens with zero attached hydrogens (tertiary/aromatic N) is 3. The molecule has 0 unspecified atom stereocenters. The van der Waals surface area contributed by atoms with Crippen LogP contribution in [-0.4, -0.2) is 33.9 Å². The molecule has 24 heavy (non-hydrogen) atoms. The van der Waals surface area contributed by atoms with Gasteiger partial charge < -0.3 is 0 Å². The molecule has 0 aliphatic carbocycles. The highest BCUT2D eigenvalue weighted by molar-refractivity contribution is 5.93. The van der Waals surface area contributed by atoms with E-state index in [1.165, 1.54) is 16.3 Å². The van der Waals surface area contributed by atoms with Gasteiger partial charge in [0.25, 0.3) is 0 Å². The average molecular weight is 320 g/mol. The van der Waals surface area contributed by atoms with Gasteiger partial charge in [-0.15, -0.1) is 0 Å². The summed E-state index contributed by atoms with van der Waals surface area (Å²) in [4.78, 5) is 22.4. The van der Waals surface area contributed by atoms with Crippen LogP contribution in [0.1, 0.15) is 12.5 Å². The molecule has 3 aromatic rings. The Kier molecular flexibility index (Phi) is 4.82. The molecule has 1 N–H and O–H groups in total. The summed E-state index contributed by atoms with van der Waals surface area (Å²) in [5, 5.41) is 5.16. The first-order chi connectivity index (χ1) is 11.6. The summed E-state index contributed by atoms with van der Waals surface area (Å²) >= 11 is 0. The Morgan fingerprint density at radius 2 is 1.79 bits per heavy atom. The quantitative estimate of drug-likeness (QED) is 0.785. The molecular weight excluding hydrogens is 300 g/mol. The van der Waals surface area contributed by atoms with E-state index in [1.54, 1.807) is 18.5 Å². The average Bonchev–Trinajstić information content (AvgIpc) is 2.62. The lowest BCUT2D eigenvalue weighted by Gasteiger charge is -2.24. The van der Waals surface area contributed by atoms with Crippen LogP contribution in [0, 0.1) is 0 Å². The second-order valence-electron chi connectivity index (χ2n) is 5.79. The molecule has 0 aliphatic rings. The largest absolute Gasteiger partial charge is 0.293 e. The van der Waals surface area contributed by atoms with E-state index in [9.17, 15) is 4.79 Å². The SMILES string of the molecule is C[C@H](C(=O)Nc1ncccn1)N(C)Cc1cccc2ccccc12. The lowest BCUT2D eigenvalue weighted by molar-refractivity contribution is -0.120. The van der Waals surface area contributed by atoms with Crippen molar-refractivity contribution in [1.82, 2.24) is 14.9 Å². The number of benzene rings is 2. The highest BCUT2D eigenvalue weighted by Crippen LogP contribution is 2.20. The van der Waals surface area contributed by atoms with Gasteiger partial charge in [0.15, 0.2) is 0 Å². The normalized spacial score (nSPS) is 12.3. The van der Waals surface area contributed by atoms with Gasteiger partial charge in [-0.1, -0.05) is 42.5 Å². The second kappa shape index (κ2) is 7.19. The van der Waals surface area contributed by atoms with E-state index in [0.29, 0.717) is 12.5 Å². The first-order valence-corrected chi connectivity index (χ1v) is 7.90. The Morgan fingerprint density at radius 3 is 2.58 bits per heavy atom. The number of rotatable bonds is 5. The van der Waals surface area contributed by atoms with Gasteiger partial charge in [-0.3, -0.25) is 15.0 Å². The van der Waals surface area contributed by atoms with E-state index in [4.69, 9.17) is 0 Å². The number of hydrogen-bond acceptors (Lipinski definition) is 4. The molecule has 0 bridgehead atoms. The van der Waals surface area contributed by atoms with Crippen molar-refractivity contribution >= 4 is 22.6 Å². The fourth-order valence-corrected chi connectivity index (χ4v) is 2.61. The monoisotopic (exact) mass is 320 g/mol. The lowest BCUT2D eigenvalue weighted by Crippen LogP contribution is -2.39. The molecule has 0 aliphatic heterocycles. The van der Waals surface area contributed by atoms with Crippen LogP contribution in [0.25, 0.3) is 10.8 Å². The van der Waals surface area contributed by atoms with Crippen LogP contribution in [0.3, 0.4) is 0 Å². The number of hydrogen-bond donors (Lipinski definition) is 1. The van der Waals surface area contributed by atoms with Gasteiger partial charge in [0.1, 0.15) is 0 Å². The molecule has 0 fully saturated rings. The van der Waals surface area contributed by atoms with Gasteiger partial charge in [0.2, 0.25) is 11.9 Å². The minimum absolute atomic E-state index is 0.121. The second-order valence-corrected chi connectivity index (χ2v) is 5.79. The third kappa shape index (κ3) is 3.58. The van der Waals surface area contributed by atoms with E-state index < -0.39 is 0 Å². The van der Waals surface area contributed by atoms with E-state index >= 15 is 0 Å². The molecule has 1 amide bonds. The van der Waals surface area contributed by atoms with E-state index in [1.807, 2.05) is 37.1 Å². The van der Waals surface area contributed by atoms with Crippen molar-refractivity contribution in [1.29, 1.82) is 0 Å². The third-order valence-electron chi connectivity index (χ3n) is 4.14. The number of aromatic nitrogens is 2. The van der Waals surface area contributed by atoms with Gasteiger partial charge in [-0.05, 0) is 36.4 Å². The lowest BCUT2D eigenvalue weighted by atomic mass is 10.0. The van der Waals surface area contributed by atoms with Crippen LogP contribution in [0.4, 0.5) is 5.95 Å². The summed E-state index contributed by atoms with van der Waals surface area (Å²) in [6.45, 7) is 2.56. The fraction of sp³-hybridized carbons (Fsp3) is 0.211. The molecule has 5 nitrogen and oxygen atoms in total. The molecule has 0 spiro atoms. The zero-order chi connectivity index (χ0) is 16.9. The summed E-state index contributed by atoms with van der Waals surface area (Å²) in [6, 6.07) is 15.9. The van der Waals surface area contributed by atoms with Crippen molar-refractivity contribution in [3.63, 3.8) is 0 Å². The van der Waals surface area contributed by atoms with Crippen LogP contribution < -0.4 is 5.32 Å². The minimum atomic E-state index is -0.298. The minimum Gasteiger partial charge on any atom is -0.293 e. The van der Waals surface area contributed by atoms with E-state index in [2.05, 4.69) is 39.6 Å². The Balaban J connectivity index is 1.71. The van der Waals surface area contributed by atoms with Crippen LogP contribution in [0.15, 0.2) is 60.9 Å². The summed E-state index contributed by atoms with van der Waals surface area (Å²) in [6.07, 6.45) is 3.21. The summed E-state index contributed by atoms with van der Waals surface area (Å²) in [7, 11) is 1.94. The zero-order valence-electron chi connectivity index (χ0n) is 13.8. The standard InChI is InChI=1S/C19H20N4O/c1-14(18(24)22-19-20-11-6-12-21-19)23(2)13-16-9-5-8-15-7-3-4-10-17(15)16/h3-12,14H,13H2,1-2H3,(H,20,21,22,24)/t14-/m1/s1. The predicted molar refractivity (Wildman–Crippen MR) is 95.5 cm³/mol. The molecule has 2 aromatic carbocycles. The third-order valence-corrected chi connectivity index (χ3v) is 4.14. The van der Waals surface area contributed by atoms with Gasteiger partial charge in [0, 0.05) is 18.9 Å².